The van der Waals surface area contributed by atoms with Crippen molar-refractivity contribution in [1.82, 2.24) is 14.6 Å². The van der Waals surface area contributed by atoms with Crippen LogP contribution >= 0.6 is 0 Å². The number of rotatable bonds is 3. The quantitative estimate of drug-likeness (QED) is 0.729. The summed E-state index contributed by atoms with van der Waals surface area (Å²) in [7, 11) is 1.70. The molecule has 0 saturated carbocycles. The molecule has 0 N–H and O–H groups in total. The maximum absolute atomic E-state index is 5.29. The predicted molar refractivity (Wildman–Crippen MR) is 102 cm³/mol. The molecular weight excluding hydrogens is 324 g/mol. The highest BCUT2D eigenvalue weighted by Crippen LogP contribution is 2.44. The molecule has 1 saturated heterocycles. The van der Waals surface area contributed by atoms with Gasteiger partial charge >= 0.3 is 0 Å². The summed E-state index contributed by atoms with van der Waals surface area (Å²) in [6.45, 7) is 2.52. The van der Waals surface area contributed by atoms with Crippen molar-refractivity contribution in [3.8, 4) is 0 Å². The van der Waals surface area contributed by atoms with Gasteiger partial charge in [0.1, 0.15) is 5.82 Å². The Balaban J connectivity index is 1.45. The van der Waals surface area contributed by atoms with Crippen molar-refractivity contribution < 1.29 is 4.74 Å². The Kier molecular flexibility index (Phi) is 3.57. The van der Waals surface area contributed by atoms with E-state index in [0.717, 1.165) is 43.1 Å². The highest BCUT2D eigenvalue weighted by Gasteiger charge is 2.38. The molecule has 0 radical (unpaired) electrons. The van der Waals surface area contributed by atoms with Crippen LogP contribution in [0.15, 0.2) is 48.7 Å². The maximum atomic E-state index is 5.29. The maximum Gasteiger partial charge on any atom is 0.157 e. The van der Waals surface area contributed by atoms with Crippen LogP contribution < -0.4 is 4.90 Å². The number of benzene rings is 1. The molecule has 5 rings (SSSR count). The van der Waals surface area contributed by atoms with Gasteiger partial charge in [0.2, 0.25) is 0 Å². The summed E-state index contributed by atoms with van der Waals surface area (Å²) >= 11 is 0. The fourth-order valence-corrected chi connectivity index (χ4v) is 4.40. The van der Waals surface area contributed by atoms with E-state index >= 15 is 0 Å². The van der Waals surface area contributed by atoms with Crippen molar-refractivity contribution in [2.45, 2.75) is 24.9 Å². The van der Waals surface area contributed by atoms with Gasteiger partial charge in [-0.15, -0.1) is 0 Å². The summed E-state index contributed by atoms with van der Waals surface area (Å²) in [6, 6.07) is 12.9. The van der Waals surface area contributed by atoms with E-state index in [1.807, 2.05) is 16.8 Å². The number of nitrogens with zero attached hydrogens (tertiary/aromatic N) is 4. The van der Waals surface area contributed by atoms with Crippen LogP contribution in [0.3, 0.4) is 0 Å². The lowest BCUT2D eigenvalue weighted by atomic mass is 9.74. The minimum atomic E-state index is 0.193. The fourth-order valence-electron chi connectivity index (χ4n) is 4.40. The second kappa shape index (κ2) is 5.95. The zero-order valence-corrected chi connectivity index (χ0v) is 14.9. The number of piperidine rings is 1. The van der Waals surface area contributed by atoms with Crippen LogP contribution in [0, 0.1) is 0 Å². The van der Waals surface area contributed by atoms with Crippen molar-refractivity contribution in [1.29, 1.82) is 0 Å². The van der Waals surface area contributed by atoms with Crippen LogP contribution in [0.4, 0.5) is 5.82 Å². The van der Waals surface area contributed by atoms with Gasteiger partial charge < -0.3 is 9.64 Å². The first-order chi connectivity index (χ1) is 12.8. The minimum Gasteiger partial charge on any atom is -0.378 e. The fraction of sp³-hybridized carbons (Fsp3) is 0.333. The lowest BCUT2D eigenvalue weighted by Crippen LogP contribution is -2.42. The second-order valence-electron chi connectivity index (χ2n) is 7.20. The average Bonchev–Trinajstić information content (AvgIpc) is 3.28. The van der Waals surface area contributed by atoms with Gasteiger partial charge in [-0.2, -0.15) is 9.61 Å². The minimum absolute atomic E-state index is 0.193. The van der Waals surface area contributed by atoms with E-state index in [-0.39, 0.29) is 5.41 Å². The van der Waals surface area contributed by atoms with E-state index < -0.39 is 0 Å². The molecule has 5 nitrogen and oxygen atoms in total. The molecule has 1 spiro atoms. The van der Waals surface area contributed by atoms with Crippen LogP contribution in [-0.4, -0.2) is 34.8 Å². The summed E-state index contributed by atoms with van der Waals surface area (Å²) in [5.41, 5.74) is 4.88. The summed E-state index contributed by atoms with van der Waals surface area (Å²) in [5.74, 6) is 1.11. The number of allylic oxidation sites excluding steroid dienone is 1. The van der Waals surface area contributed by atoms with Gasteiger partial charge in [-0.25, -0.2) is 4.98 Å². The van der Waals surface area contributed by atoms with Crippen LogP contribution in [0.5, 0.6) is 0 Å². The van der Waals surface area contributed by atoms with Crippen molar-refractivity contribution >= 4 is 17.5 Å². The van der Waals surface area contributed by atoms with Gasteiger partial charge in [0.05, 0.1) is 18.5 Å². The van der Waals surface area contributed by atoms with Crippen LogP contribution in [0.1, 0.15) is 29.7 Å². The monoisotopic (exact) mass is 346 g/mol. The molecule has 2 aromatic heterocycles. The van der Waals surface area contributed by atoms with E-state index in [4.69, 9.17) is 4.74 Å². The molecule has 1 aromatic carbocycles. The number of anilines is 1. The third kappa shape index (κ3) is 2.35. The molecule has 0 unspecified atom stereocenters. The largest absolute Gasteiger partial charge is 0.378 e. The molecule has 0 atom stereocenters. The van der Waals surface area contributed by atoms with E-state index in [9.17, 15) is 0 Å². The third-order valence-electron chi connectivity index (χ3n) is 5.74. The van der Waals surface area contributed by atoms with E-state index in [1.54, 1.807) is 7.11 Å². The van der Waals surface area contributed by atoms with E-state index in [0.29, 0.717) is 6.61 Å². The van der Waals surface area contributed by atoms with Gasteiger partial charge in [0.15, 0.2) is 5.65 Å². The highest BCUT2D eigenvalue weighted by molar-refractivity contribution is 5.65. The number of hydrogen-bond donors (Lipinski definition) is 0. The Hall–Kier alpha value is -2.66. The second-order valence-corrected chi connectivity index (χ2v) is 7.20. The molecule has 132 valence electrons. The van der Waals surface area contributed by atoms with Gasteiger partial charge in [-0.05, 0) is 24.0 Å². The van der Waals surface area contributed by atoms with Crippen LogP contribution in [0.25, 0.3) is 11.7 Å². The third-order valence-corrected chi connectivity index (χ3v) is 5.74. The van der Waals surface area contributed by atoms with Crippen molar-refractivity contribution in [3.05, 3.63) is 65.5 Å². The SMILES string of the molecule is COCc1cc(N2CCC3(C=Cc4ccccc43)CC2)n2nccc2n1. The van der Waals surface area contributed by atoms with Crippen molar-refractivity contribution in [2.75, 3.05) is 25.1 Å². The molecule has 1 aliphatic carbocycles. The molecule has 1 aliphatic heterocycles. The highest BCUT2D eigenvalue weighted by atomic mass is 16.5. The summed E-state index contributed by atoms with van der Waals surface area (Å²) in [6.07, 6.45) is 8.75. The molecule has 1 fully saturated rings. The Bertz CT molecular complexity index is 983. The van der Waals surface area contributed by atoms with E-state index in [2.05, 4.69) is 57.5 Å². The summed E-state index contributed by atoms with van der Waals surface area (Å²) in [5, 5.41) is 4.48. The predicted octanol–water partition coefficient (Wildman–Crippen LogP) is 3.44. The number of aromatic nitrogens is 3. The average molecular weight is 346 g/mol. The number of methoxy groups -OCH3 is 1. The molecule has 2 aliphatic rings. The topological polar surface area (TPSA) is 42.7 Å². The summed E-state index contributed by atoms with van der Waals surface area (Å²) in [4.78, 5) is 7.05. The van der Waals surface area contributed by atoms with E-state index in [1.165, 1.54) is 11.1 Å². The Labute approximate surface area is 152 Å². The Morgan fingerprint density at radius 2 is 2.00 bits per heavy atom. The molecule has 0 bridgehead atoms. The van der Waals surface area contributed by atoms with Crippen LogP contribution in [-0.2, 0) is 16.8 Å². The van der Waals surface area contributed by atoms with Crippen molar-refractivity contribution in [2.24, 2.45) is 0 Å². The summed E-state index contributed by atoms with van der Waals surface area (Å²) < 4.78 is 7.23. The first kappa shape index (κ1) is 15.6. The Morgan fingerprint density at radius 3 is 2.85 bits per heavy atom. The van der Waals surface area contributed by atoms with Gasteiger partial charge in [-0.1, -0.05) is 36.4 Å². The smallest absolute Gasteiger partial charge is 0.157 e. The molecule has 26 heavy (non-hydrogen) atoms. The molecule has 0 amide bonds. The number of ether oxygens (including phenoxy) is 1. The van der Waals surface area contributed by atoms with Crippen LogP contribution in [0.2, 0.25) is 0 Å². The number of fused-ring (bicyclic) bond motifs is 3. The van der Waals surface area contributed by atoms with Gasteiger partial charge in [0, 0.05) is 37.7 Å². The Morgan fingerprint density at radius 1 is 1.15 bits per heavy atom. The normalized spacial score (nSPS) is 18.0. The number of hydrogen-bond acceptors (Lipinski definition) is 4. The zero-order chi connectivity index (χ0) is 17.6. The van der Waals surface area contributed by atoms with Gasteiger partial charge in [0.25, 0.3) is 0 Å². The first-order valence-electron chi connectivity index (χ1n) is 9.15. The molecular formula is C21H22N4O. The first-order valence-corrected chi connectivity index (χ1v) is 9.15. The van der Waals surface area contributed by atoms with Crippen molar-refractivity contribution in [3.63, 3.8) is 0 Å². The lowest BCUT2D eigenvalue weighted by Gasteiger charge is -2.40. The molecule has 3 aromatic rings. The molecule has 5 heteroatoms. The standard InChI is InChI=1S/C21H22N4O/c1-26-15-17-14-20(25-19(23-17)7-11-22-25)24-12-9-21(10-13-24)8-6-16-4-2-3-5-18(16)21/h2-8,11,14H,9-10,12-13,15H2,1H3. The lowest BCUT2D eigenvalue weighted by molar-refractivity contribution is 0.181. The zero-order valence-electron chi connectivity index (χ0n) is 14.9. The van der Waals surface area contributed by atoms with Gasteiger partial charge in [-0.3, -0.25) is 0 Å². The molecule has 3 heterocycles.